The number of carbonyl (C=O) groups is 2. The molecule has 1 aliphatic heterocycles. The molecule has 2 amide bonds. The molecule has 1 heterocycles. The fraction of sp³-hybridized carbons (Fsp3) is 0.529. The molecule has 0 aliphatic carbocycles. The van der Waals surface area contributed by atoms with Crippen molar-refractivity contribution in [1.82, 2.24) is 10.2 Å². The molecule has 0 bridgehead atoms. The van der Waals surface area contributed by atoms with Crippen molar-refractivity contribution in [3.05, 3.63) is 33.4 Å². The highest BCUT2D eigenvalue weighted by Crippen LogP contribution is 2.21. The van der Waals surface area contributed by atoms with Gasteiger partial charge in [-0.3, -0.25) is 9.59 Å². The van der Waals surface area contributed by atoms with Gasteiger partial charge in [0.05, 0.1) is 11.0 Å². The van der Waals surface area contributed by atoms with Gasteiger partial charge in [0.25, 0.3) is 5.91 Å². The average molecular weight is 449 g/mol. The lowest BCUT2D eigenvalue weighted by Gasteiger charge is -2.34. The normalized spacial score (nSPS) is 16.3. The van der Waals surface area contributed by atoms with Gasteiger partial charge in [-0.15, -0.1) is 11.6 Å². The summed E-state index contributed by atoms with van der Waals surface area (Å²) < 4.78 is 0.967. The third kappa shape index (κ3) is 4.59. The summed E-state index contributed by atoms with van der Waals surface area (Å²) in [5, 5.41) is 3.06. The minimum Gasteiger partial charge on any atom is -0.353 e. The Morgan fingerprint density at radius 3 is 2.48 bits per heavy atom. The van der Waals surface area contributed by atoms with Crippen molar-refractivity contribution in [2.24, 2.45) is 5.41 Å². The van der Waals surface area contributed by atoms with E-state index in [9.17, 15) is 9.59 Å². The zero-order valence-electron chi connectivity index (χ0n) is 13.4. The van der Waals surface area contributed by atoms with Crippen molar-refractivity contribution in [1.29, 1.82) is 0 Å². The lowest BCUT2D eigenvalue weighted by atomic mass is 9.93. The maximum atomic E-state index is 12.6. The Labute approximate surface area is 156 Å². The standard InChI is InChI=1S/C17H22ClIN2O2/c1-17(2,11-18)16(23)20-12-7-9-21(10-8-12)15(22)13-5-3-4-6-14(13)19/h3-6,12H,7-11H2,1-2H3,(H,20,23). The first-order valence-electron chi connectivity index (χ1n) is 7.76. The lowest BCUT2D eigenvalue weighted by Crippen LogP contribution is -2.49. The molecule has 126 valence electrons. The zero-order valence-corrected chi connectivity index (χ0v) is 16.4. The topological polar surface area (TPSA) is 49.4 Å². The second kappa shape index (κ2) is 7.83. The van der Waals surface area contributed by atoms with Gasteiger partial charge < -0.3 is 10.2 Å². The molecule has 2 rings (SSSR count). The number of hydrogen-bond acceptors (Lipinski definition) is 2. The van der Waals surface area contributed by atoms with Crippen LogP contribution in [0.4, 0.5) is 0 Å². The molecule has 1 aromatic carbocycles. The van der Waals surface area contributed by atoms with Crippen LogP contribution >= 0.6 is 34.2 Å². The summed E-state index contributed by atoms with van der Waals surface area (Å²) in [6.07, 6.45) is 1.55. The van der Waals surface area contributed by atoms with E-state index in [-0.39, 0.29) is 17.9 Å². The van der Waals surface area contributed by atoms with Crippen molar-refractivity contribution in [2.75, 3.05) is 19.0 Å². The molecule has 6 heteroatoms. The van der Waals surface area contributed by atoms with Gasteiger partial charge in [0.15, 0.2) is 0 Å². The number of halogens is 2. The SMILES string of the molecule is CC(C)(CCl)C(=O)NC1CCN(C(=O)c2ccccc2I)CC1. The van der Waals surface area contributed by atoms with E-state index < -0.39 is 5.41 Å². The fourth-order valence-electron chi connectivity index (χ4n) is 2.47. The van der Waals surface area contributed by atoms with Crippen LogP contribution in [0.5, 0.6) is 0 Å². The number of hydrogen-bond donors (Lipinski definition) is 1. The number of piperidine rings is 1. The number of amides is 2. The smallest absolute Gasteiger partial charge is 0.254 e. The molecule has 0 radical (unpaired) electrons. The zero-order chi connectivity index (χ0) is 17.0. The molecule has 23 heavy (non-hydrogen) atoms. The van der Waals surface area contributed by atoms with Crippen LogP contribution in [0.1, 0.15) is 37.0 Å². The molecule has 1 aliphatic rings. The van der Waals surface area contributed by atoms with E-state index in [1.807, 2.05) is 43.0 Å². The Kier molecular flexibility index (Phi) is 6.31. The number of nitrogens with one attached hydrogen (secondary N) is 1. The van der Waals surface area contributed by atoms with E-state index in [0.717, 1.165) is 22.0 Å². The fourth-order valence-corrected chi connectivity index (χ4v) is 3.21. The first-order valence-corrected chi connectivity index (χ1v) is 9.37. The molecular weight excluding hydrogens is 427 g/mol. The molecule has 0 spiro atoms. The molecule has 0 atom stereocenters. The van der Waals surface area contributed by atoms with Gasteiger partial charge >= 0.3 is 0 Å². The Hall–Kier alpha value is -0.820. The van der Waals surface area contributed by atoms with Crippen molar-refractivity contribution < 1.29 is 9.59 Å². The second-order valence-corrected chi connectivity index (χ2v) is 7.97. The number of carbonyl (C=O) groups excluding carboxylic acids is 2. The van der Waals surface area contributed by atoms with Crippen LogP contribution in [0.3, 0.4) is 0 Å². The summed E-state index contributed by atoms with van der Waals surface area (Å²) >= 11 is 8.03. The van der Waals surface area contributed by atoms with E-state index in [1.165, 1.54) is 0 Å². The molecular formula is C17H22ClIN2O2. The Morgan fingerprint density at radius 1 is 1.30 bits per heavy atom. The molecule has 0 unspecified atom stereocenters. The van der Waals surface area contributed by atoms with Gasteiger partial charge in [-0.25, -0.2) is 0 Å². The van der Waals surface area contributed by atoms with Crippen LogP contribution in [0.25, 0.3) is 0 Å². The average Bonchev–Trinajstić information content (AvgIpc) is 2.55. The molecule has 0 aromatic heterocycles. The molecule has 1 saturated heterocycles. The van der Waals surface area contributed by atoms with Gasteiger partial charge in [0.1, 0.15) is 0 Å². The summed E-state index contributed by atoms with van der Waals surface area (Å²) in [5.41, 5.74) is 0.188. The van der Waals surface area contributed by atoms with Gasteiger partial charge in [0, 0.05) is 28.6 Å². The molecule has 1 aromatic rings. The number of alkyl halides is 1. The van der Waals surface area contributed by atoms with Gasteiger partial charge in [-0.2, -0.15) is 0 Å². The number of benzene rings is 1. The quantitative estimate of drug-likeness (QED) is 0.568. The van der Waals surface area contributed by atoms with E-state index in [1.54, 1.807) is 0 Å². The minimum atomic E-state index is -0.561. The summed E-state index contributed by atoms with van der Waals surface area (Å²) in [7, 11) is 0. The number of nitrogens with zero attached hydrogens (tertiary/aromatic N) is 1. The Bertz CT molecular complexity index is 584. The summed E-state index contributed by atoms with van der Waals surface area (Å²) in [6, 6.07) is 7.73. The summed E-state index contributed by atoms with van der Waals surface area (Å²) in [4.78, 5) is 26.6. The van der Waals surface area contributed by atoms with Crippen LogP contribution in [0, 0.1) is 8.99 Å². The number of rotatable bonds is 4. The highest BCUT2D eigenvalue weighted by Gasteiger charge is 2.30. The van der Waals surface area contributed by atoms with Crippen molar-refractivity contribution >= 4 is 46.0 Å². The van der Waals surface area contributed by atoms with E-state index >= 15 is 0 Å². The largest absolute Gasteiger partial charge is 0.353 e. The third-order valence-electron chi connectivity index (χ3n) is 4.17. The Morgan fingerprint density at radius 2 is 1.91 bits per heavy atom. The van der Waals surface area contributed by atoms with E-state index in [2.05, 4.69) is 27.9 Å². The van der Waals surface area contributed by atoms with Gasteiger partial charge in [-0.05, 0) is 61.4 Å². The molecule has 4 nitrogen and oxygen atoms in total. The van der Waals surface area contributed by atoms with Crippen LogP contribution in [-0.4, -0.2) is 41.7 Å². The van der Waals surface area contributed by atoms with E-state index in [4.69, 9.17) is 11.6 Å². The van der Waals surface area contributed by atoms with Crippen molar-refractivity contribution in [2.45, 2.75) is 32.7 Å². The first kappa shape index (κ1) is 18.5. The predicted molar refractivity (Wildman–Crippen MR) is 101 cm³/mol. The molecule has 1 N–H and O–H groups in total. The minimum absolute atomic E-state index is 0.0186. The third-order valence-corrected chi connectivity index (χ3v) is 5.78. The summed E-state index contributed by atoms with van der Waals surface area (Å²) in [6.45, 7) is 5.00. The van der Waals surface area contributed by atoms with Crippen LogP contribution in [0.15, 0.2) is 24.3 Å². The van der Waals surface area contributed by atoms with E-state index in [0.29, 0.717) is 19.0 Å². The molecule has 1 fully saturated rings. The maximum absolute atomic E-state index is 12.6. The van der Waals surface area contributed by atoms with Crippen molar-refractivity contribution in [3.8, 4) is 0 Å². The lowest BCUT2D eigenvalue weighted by molar-refractivity contribution is -0.129. The van der Waals surface area contributed by atoms with Gasteiger partial charge in [-0.1, -0.05) is 12.1 Å². The Balaban J connectivity index is 1.90. The maximum Gasteiger partial charge on any atom is 0.254 e. The number of likely N-dealkylation sites (tertiary alicyclic amines) is 1. The first-order chi connectivity index (χ1) is 10.8. The van der Waals surface area contributed by atoms with Crippen molar-refractivity contribution in [3.63, 3.8) is 0 Å². The summed E-state index contributed by atoms with van der Waals surface area (Å²) in [5.74, 6) is 0.346. The molecule has 0 saturated carbocycles. The van der Waals surface area contributed by atoms with Crippen LogP contribution < -0.4 is 5.32 Å². The predicted octanol–water partition coefficient (Wildman–Crippen LogP) is 3.28. The highest BCUT2D eigenvalue weighted by molar-refractivity contribution is 14.1. The van der Waals surface area contributed by atoms with Gasteiger partial charge in [0.2, 0.25) is 5.91 Å². The second-order valence-electron chi connectivity index (χ2n) is 6.54. The highest BCUT2D eigenvalue weighted by atomic mass is 127. The monoisotopic (exact) mass is 448 g/mol. The van der Waals surface area contributed by atoms with Crippen LogP contribution in [-0.2, 0) is 4.79 Å². The van der Waals surface area contributed by atoms with Crippen LogP contribution in [0.2, 0.25) is 0 Å².